The van der Waals surface area contributed by atoms with E-state index in [0.29, 0.717) is 0 Å². The van der Waals surface area contributed by atoms with E-state index < -0.39 is 0 Å². The molecular weight excluding hydrogens is 314 g/mol. The van der Waals surface area contributed by atoms with Crippen molar-refractivity contribution in [2.75, 3.05) is 7.05 Å². The largest absolute Gasteiger partial charge is 0.312 e. The highest BCUT2D eigenvalue weighted by Crippen LogP contribution is 2.27. The van der Waals surface area contributed by atoms with E-state index in [4.69, 9.17) is 0 Å². The van der Waals surface area contributed by atoms with E-state index in [0.717, 1.165) is 27.9 Å². The molecule has 0 aromatic carbocycles. The van der Waals surface area contributed by atoms with Crippen molar-refractivity contribution in [3.8, 4) is 0 Å². The van der Waals surface area contributed by atoms with Gasteiger partial charge < -0.3 is 5.32 Å². The Balaban J connectivity index is 2.25. The average Bonchev–Trinajstić information content (AvgIpc) is 2.97. The zero-order valence-electron chi connectivity index (χ0n) is 10.6. The number of rotatable bonds is 5. The van der Waals surface area contributed by atoms with Crippen molar-refractivity contribution >= 4 is 27.5 Å². The first-order valence-electron chi connectivity index (χ1n) is 5.82. The number of nitrogens with one attached hydrogen (secondary N) is 1. The van der Waals surface area contributed by atoms with Crippen LogP contribution in [0.1, 0.15) is 29.2 Å². The van der Waals surface area contributed by atoms with Gasteiger partial charge >= 0.3 is 0 Å². The number of hydrogen-bond acceptors (Lipinski definition) is 5. The lowest BCUT2D eigenvalue weighted by atomic mass is 10.1. The van der Waals surface area contributed by atoms with Gasteiger partial charge in [-0.15, -0.1) is 5.10 Å². The maximum absolute atomic E-state index is 4.51. The van der Waals surface area contributed by atoms with E-state index in [-0.39, 0.29) is 6.04 Å². The van der Waals surface area contributed by atoms with Gasteiger partial charge in [0.1, 0.15) is 0 Å². The highest BCUT2D eigenvalue weighted by Gasteiger charge is 2.19. The van der Waals surface area contributed by atoms with Crippen LogP contribution in [-0.2, 0) is 19.9 Å². The Bertz CT molecular complexity index is 508. The zero-order valence-corrected chi connectivity index (χ0v) is 13.0. The molecule has 0 saturated heterocycles. The van der Waals surface area contributed by atoms with Crippen LogP contribution >= 0.6 is 27.5 Å². The third-order valence-electron chi connectivity index (χ3n) is 2.97. The van der Waals surface area contributed by atoms with E-state index in [1.54, 1.807) is 0 Å². The molecule has 0 saturated carbocycles. The minimum absolute atomic E-state index is 0.224. The van der Waals surface area contributed by atoms with E-state index in [1.165, 1.54) is 17.2 Å². The standard InChI is InChI=1S/C11H16BrN5S/c1-4-7-11(12)9(17(3)15-7)5-8(13-2)10-6-14-16-18-10/h6,8,13H,4-5H2,1-3H3. The van der Waals surface area contributed by atoms with E-state index in [2.05, 4.69) is 42.9 Å². The van der Waals surface area contributed by atoms with Crippen molar-refractivity contribution in [1.29, 1.82) is 0 Å². The molecule has 1 atom stereocenters. The minimum atomic E-state index is 0.224. The van der Waals surface area contributed by atoms with Crippen LogP contribution in [0, 0.1) is 0 Å². The number of aromatic nitrogens is 4. The summed E-state index contributed by atoms with van der Waals surface area (Å²) in [5.74, 6) is 0. The summed E-state index contributed by atoms with van der Waals surface area (Å²) in [5.41, 5.74) is 2.30. The summed E-state index contributed by atoms with van der Waals surface area (Å²) >= 11 is 5.07. The van der Waals surface area contributed by atoms with Gasteiger partial charge in [0.15, 0.2) is 0 Å². The first-order chi connectivity index (χ1) is 8.67. The van der Waals surface area contributed by atoms with E-state index >= 15 is 0 Å². The van der Waals surface area contributed by atoms with Crippen LogP contribution in [0.15, 0.2) is 10.7 Å². The van der Waals surface area contributed by atoms with Crippen LogP contribution in [0.25, 0.3) is 0 Å². The van der Waals surface area contributed by atoms with Gasteiger partial charge in [-0.2, -0.15) is 5.10 Å². The molecule has 5 nitrogen and oxygen atoms in total. The topological polar surface area (TPSA) is 55.6 Å². The molecule has 0 amide bonds. The van der Waals surface area contributed by atoms with Gasteiger partial charge in [-0.25, -0.2) is 0 Å². The summed E-state index contributed by atoms with van der Waals surface area (Å²) in [4.78, 5) is 1.14. The molecular formula is C11H16BrN5S. The first-order valence-corrected chi connectivity index (χ1v) is 7.38. The minimum Gasteiger partial charge on any atom is -0.312 e. The van der Waals surface area contributed by atoms with Crippen molar-refractivity contribution in [1.82, 2.24) is 24.7 Å². The molecule has 0 bridgehead atoms. The summed E-state index contributed by atoms with van der Waals surface area (Å²) in [7, 11) is 3.94. The first kappa shape index (κ1) is 13.6. The van der Waals surface area contributed by atoms with Crippen LogP contribution in [0.2, 0.25) is 0 Å². The number of nitrogens with zero attached hydrogens (tertiary/aromatic N) is 4. The summed E-state index contributed by atoms with van der Waals surface area (Å²) < 4.78 is 6.98. The lowest BCUT2D eigenvalue weighted by Crippen LogP contribution is -2.19. The number of halogens is 1. The molecule has 7 heteroatoms. The Morgan fingerprint density at radius 1 is 1.56 bits per heavy atom. The van der Waals surface area contributed by atoms with Crippen molar-refractivity contribution in [2.24, 2.45) is 7.05 Å². The molecule has 2 rings (SSSR count). The van der Waals surface area contributed by atoms with Crippen LogP contribution in [0.4, 0.5) is 0 Å². The summed E-state index contributed by atoms with van der Waals surface area (Å²) in [5, 5.41) is 11.7. The molecule has 0 aliphatic rings. The van der Waals surface area contributed by atoms with Gasteiger partial charge in [-0.3, -0.25) is 4.68 Å². The SMILES string of the molecule is CCc1nn(C)c(CC(NC)c2cnns2)c1Br. The Hall–Kier alpha value is -0.790. The zero-order chi connectivity index (χ0) is 13.1. The molecule has 1 unspecified atom stereocenters. The number of likely N-dealkylation sites (N-methyl/N-ethyl adjacent to an activating group) is 1. The Morgan fingerprint density at radius 2 is 2.33 bits per heavy atom. The van der Waals surface area contributed by atoms with Crippen LogP contribution in [0.3, 0.4) is 0 Å². The summed E-state index contributed by atoms with van der Waals surface area (Å²) in [6.45, 7) is 2.11. The maximum Gasteiger partial charge on any atom is 0.0766 e. The fourth-order valence-electron chi connectivity index (χ4n) is 1.91. The number of hydrogen-bond donors (Lipinski definition) is 1. The van der Waals surface area contributed by atoms with Gasteiger partial charge in [0, 0.05) is 13.5 Å². The second kappa shape index (κ2) is 5.90. The summed E-state index contributed by atoms with van der Waals surface area (Å²) in [6, 6.07) is 0.224. The Kier molecular flexibility index (Phi) is 4.47. The second-order valence-electron chi connectivity index (χ2n) is 4.05. The van der Waals surface area contributed by atoms with Crippen molar-refractivity contribution in [3.63, 3.8) is 0 Å². The Morgan fingerprint density at radius 3 is 2.83 bits per heavy atom. The molecule has 2 aromatic heterocycles. The maximum atomic E-state index is 4.51. The monoisotopic (exact) mass is 329 g/mol. The van der Waals surface area contributed by atoms with Gasteiger partial charge in [-0.1, -0.05) is 11.4 Å². The average molecular weight is 330 g/mol. The van der Waals surface area contributed by atoms with Crippen molar-refractivity contribution in [3.05, 3.63) is 26.9 Å². The van der Waals surface area contributed by atoms with Crippen molar-refractivity contribution < 1.29 is 0 Å². The predicted octanol–water partition coefficient (Wildman–Crippen LogP) is 2.10. The van der Waals surface area contributed by atoms with Gasteiger partial charge in [0.05, 0.1) is 33.0 Å². The third kappa shape index (κ3) is 2.62. The second-order valence-corrected chi connectivity index (χ2v) is 5.66. The Labute approximate surface area is 119 Å². The third-order valence-corrected chi connectivity index (χ3v) is 4.66. The molecule has 98 valence electrons. The molecule has 0 spiro atoms. The normalized spacial score (nSPS) is 12.9. The van der Waals surface area contributed by atoms with Gasteiger partial charge in [0.2, 0.25) is 0 Å². The van der Waals surface area contributed by atoms with Gasteiger partial charge in [-0.05, 0) is 40.9 Å². The molecule has 0 aliphatic carbocycles. The number of aryl methyl sites for hydroxylation is 2. The molecule has 0 fully saturated rings. The van der Waals surface area contributed by atoms with Crippen LogP contribution in [0.5, 0.6) is 0 Å². The van der Waals surface area contributed by atoms with Crippen LogP contribution in [-0.4, -0.2) is 26.4 Å². The predicted molar refractivity (Wildman–Crippen MR) is 75.7 cm³/mol. The highest BCUT2D eigenvalue weighted by molar-refractivity contribution is 9.10. The molecule has 2 heterocycles. The quantitative estimate of drug-likeness (QED) is 0.912. The lowest BCUT2D eigenvalue weighted by Gasteiger charge is -2.13. The van der Waals surface area contributed by atoms with E-state index in [9.17, 15) is 0 Å². The fraction of sp³-hybridized carbons (Fsp3) is 0.545. The smallest absolute Gasteiger partial charge is 0.0766 e. The van der Waals surface area contributed by atoms with E-state index in [1.807, 2.05) is 25.0 Å². The highest BCUT2D eigenvalue weighted by atomic mass is 79.9. The van der Waals surface area contributed by atoms with Crippen molar-refractivity contribution in [2.45, 2.75) is 25.8 Å². The molecule has 1 N–H and O–H groups in total. The van der Waals surface area contributed by atoms with Gasteiger partial charge in [0.25, 0.3) is 0 Å². The van der Waals surface area contributed by atoms with Crippen LogP contribution < -0.4 is 5.32 Å². The molecule has 18 heavy (non-hydrogen) atoms. The fourth-order valence-corrected chi connectivity index (χ4v) is 3.30. The molecule has 0 radical (unpaired) electrons. The lowest BCUT2D eigenvalue weighted by molar-refractivity contribution is 0.567. The molecule has 0 aliphatic heterocycles. The molecule has 2 aromatic rings. The summed E-state index contributed by atoms with van der Waals surface area (Å²) in [6.07, 6.45) is 3.61.